The number of carbonyl (C=O) groups excluding carboxylic acids is 1. The molecule has 1 fully saturated rings. The molecule has 0 radical (unpaired) electrons. The van der Waals surface area contributed by atoms with Gasteiger partial charge in [-0.25, -0.2) is 0 Å². The zero-order chi connectivity index (χ0) is 12.2. The molecular weight excluding hydrogens is 220 g/mol. The van der Waals surface area contributed by atoms with Crippen LogP contribution in [0.1, 0.15) is 30.4 Å². The molecule has 0 atom stereocenters. The van der Waals surface area contributed by atoms with Gasteiger partial charge in [-0.1, -0.05) is 6.42 Å². The van der Waals surface area contributed by atoms with Crippen molar-refractivity contribution in [3.05, 3.63) is 33.4 Å². The maximum Gasteiger partial charge on any atom is 0.275 e. The van der Waals surface area contributed by atoms with E-state index in [1.807, 2.05) is 0 Å². The second-order valence-electron chi connectivity index (χ2n) is 4.86. The summed E-state index contributed by atoms with van der Waals surface area (Å²) in [5.41, 5.74) is 7.00. The molecule has 1 aromatic rings. The van der Waals surface area contributed by atoms with E-state index in [9.17, 15) is 14.9 Å². The summed E-state index contributed by atoms with van der Waals surface area (Å²) < 4.78 is 0. The predicted octanol–water partition coefficient (Wildman–Crippen LogP) is 1.72. The van der Waals surface area contributed by atoms with Gasteiger partial charge in [0.1, 0.15) is 5.78 Å². The zero-order valence-electron chi connectivity index (χ0n) is 9.23. The largest absolute Gasteiger partial charge is 0.399 e. The fourth-order valence-electron chi connectivity index (χ4n) is 3.01. The summed E-state index contributed by atoms with van der Waals surface area (Å²) in [6, 6.07) is 3.09. The van der Waals surface area contributed by atoms with Gasteiger partial charge < -0.3 is 5.73 Å². The minimum atomic E-state index is -0.449. The van der Waals surface area contributed by atoms with Gasteiger partial charge in [-0.3, -0.25) is 14.9 Å². The van der Waals surface area contributed by atoms with Gasteiger partial charge in [0, 0.05) is 23.7 Å². The molecule has 5 heteroatoms. The number of hydrogen-bond donors (Lipinski definition) is 1. The molecule has 1 saturated carbocycles. The summed E-state index contributed by atoms with van der Waals surface area (Å²) >= 11 is 0. The summed E-state index contributed by atoms with van der Waals surface area (Å²) in [7, 11) is 0. The molecule has 0 saturated heterocycles. The van der Waals surface area contributed by atoms with Crippen LogP contribution >= 0.6 is 0 Å². The first kappa shape index (κ1) is 10.3. The minimum Gasteiger partial charge on any atom is -0.399 e. The van der Waals surface area contributed by atoms with Crippen molar-refractivity contribution in [1.82, 2.24) is 0 Å². The number of fused-ring (bicyclic) bond motifs is 2. The first-order valence-corrected chi connectivity index (χ1v) is 5.65. The fraction of sp³-hybridized carbons (Fsp3) is 0.417. The van der Waals surface area contributed by atoms with E-state index in [1.54, 1.807) is 6.07 Å². The average Bonchev–Trinajstić information content (AvgIpc) is 2.48. The highest BCUT2D eigenvalue weighted by Gasteiger charge is 2.52. The van der Waals surface area contributed by atoms with E-state index in [1.165, 1.54) is 6.07 Å². The highest BCUT2D eigenvalue weighted by molar-refractivity contribution is 5.99. The second-order valence-corrected chi connectivity index (χ2v) is 4.86. The van der Waals surface area contributed by atoms with Gasteiger partial charge in [0.2, 0.25) is 0 Å². The van der Waals surface area contributed by atoms with Crippen molar-refractivity contribution >= 4 is 17.2 Å². The standard InChI is InChI=1S/C12H12N2O3/c13-7-4-9-8(10(5-7)14(16)17)6-11(15)12(9)2-1-3-12/h4-5H,1-3,6,13H2. The number of rotatable bonds is 1. The van der Waals surface area contributed by atoms with E-state index in [-0.39, 0.29) is 17.9 Å². The Balaban J connectivity index is 2.25. The lowest BCUT2D eigenvalue weighted by Crippen LogP contribution is -2.39. The molecule has 3 rings (SSSR count). The number of ketones is 1. The number of benzene rings is 1. The molecule has 0 unspecified atom stereocenters. The van der Waals surface area contributed by atoms with Crippen molar-refractivity contribution in [3.63, 3.8) is 0 Å². The highest BCUT2D eigenvalue weighted by Crippen LogP contribution is 2.52. The number of nitrogens with zero attached hydrogens (tertiary/aromatic N) is 1. The molecule has 0 bridgehead atoms. The lowest BCUT2D eigenvalue weighted by molar-refractivity contribution is -0.385. The molecule has 0 aromatic heterocycles. The Morgan fingerprint density at radius 3 is 2.59 bits per heavy atom. The van der Waals surface area contributed by atoms with Crippen LogP contribution in [0.25, 0.3) is 0 Å². The predicted molar refractivity (Wildman–Crippen MR) is 61.7 cm³/mol. The maximum atomic E-state index is 12.1. The summed E-state index contributed by atoms with van der Waals surface area (Å²) in [5, 5.41) is 11.0. The summed E-state index contributed by atoms with van der Waals surface area (Å²) in [6.07, 6.45) is 2.80. The van der Waals surface area contributed by atoms with Crippen LogP contribution in [-0.4, -0.2) is 10.7 Å². The molecule has 88 valence electrons. The van der Waals surface area contributed by atoms with E-state index >= 15 is 0 Å². The number of carbonyl (C=O) groups is 1. The normalized spacial score (nSPS) is 20.1. The molecule has 2 N–H and O–H groups in total. The van der Waals surface area contributed by atoms with E-state index in [2.05, 4.69) is 0 Å². The first-order valence-electron chi connectivity index (χ1n) is 5.65. The van der Waals surface area contributed by atoms with Gasteiger partial charge in [0.05, 0.1) is 10.3 Å². The third-order valence-corrected chi connectivity index (χ3v) is 4.04. The number of nitro benzene ring substituents is 1. The summed E-state index contributed by atoms with van der Waals surface area (Å²) in [5.74, 6) is 0.118. The van der Waals surface area contributed by atoms with Crippen molar-refractivity contribution in [1.29, 1.82) is 0 Å². The third-order valence-electron chi connectivity index (χ3n) is 4.04. The Labute approximate surface area is 97.8 Å². The van der Waals surface area contributed by atoms with Crippen molar-refractivity contribution in [2.75, 3.05) is 5.73 Å². The van der Waals surface area contributed by atoms with E-state index < -0.39 is 10.3 Å². The molecule has 0 amide bonds. The van der Waals surface area contributed by atoms with Crippen LogP contribution in [0.3, 0.4) is 0 Å². The van der Waals surface area contributed by atoms with Crippen molar-refractivity contribution in [3.8, 4) is 0 Å². The number of Topliss-reactive ketones (excluding diaryl/α,β-unsaturated/α-hetero) is 1. The van der Waals surface area contributed by atoms with E-state index in [0.717, 1.165) is 24.8 Å². The Morgan fingerprint density at radius 2 is 2.06 bits per heavy atom. The minimum absolute atomic E-state index is 0.00266. The lowest BCUT2D eigenvalue weighted by Gasteiger charge is -2.37. The lowest BCUT2D eigenvalue weighted by atomic mass is 9.64. The monoisotopic (exact) mass is 232 g/mol. The number of anilines is 1. The SMILES string of the molecule is Nc1cc([N+](=O)[O-])c2c(c1)C1(CCC1)C(=O)C2. The van der Waals surface area contributed by atoms with Crippen LogP contribution in [0.2, 0.25) is 0 Å². The Morgan fingerprint density at radius 1 is 1.35 bits per heavy atom. The van der Waals surface area contributed by atoms with E-state index in [4.69, 9.17) is 5.73 Å². The summed E-state index contributed by atoms with van der Waals surface area (Å²) in [4.78, 5) is 22.6. The Kier molecular flexibility index (Phi) is 1.85. The van der Waals surface area contributed by atoms with Crippen molar-refractivity contribution in [2.45, 2.75) is 31.1 Å². The molecular formula is C12H12N2O3. The van der Waals surface area contributed by atoms with Crippen LogP contribution in [0.15, 0.2) is 12.1 Å². The maximum absolute atomic E-state index is 12.1. The van der Waals surface area contributed by atoms with Crippen LogP contribution < -0.4 is 5.73 Å². The zero-order valence-corrected chi connectivity index (χ0v) is 9.23. The first-order chi connectivity index (χ1) is 8.04. The van der Waals surface area contributed by atoms with Gasteiger partial charge in [0.15, 0.2) is 0 Å². The Bertz CT molecular complexity index is 547. The van der Waals surface area contributed by atoms with Gasteiger partial charge in [0.25, 0.3) is 5.69 Å². The quantitative estimate of drug-likeness (QED) is 0.453. The molecule has 0 heterocycles. The van der Waals surface area contributed by atoms with Gasteiger partial charge >= 0.3 is 0 Å². The van der Waals surface area contributed by atoms with Gasteiger partial charge in [-0.15, -0.1) is 0 Å². The molecule has 2 aliphatic rings. The smallest absolute Gasteiger partial charge is 0.275 e. The molecule has 1 spiro atoms. The number of nitrogens with two attached hydrogens (primary N) is 1. The van der Waals surface area contributed by atoms with E-state index in [0.29, 0.717) is 11.3 Å². The van der Waals surface area contributed by atoms with Crippen LogP contribution in [-0.2, 0) is 16.6 Å². The topological polar surface area (TPSA) is 86.2 Å². The molecule has 0 aliphatic heterocycles. The van der Waals surface area contributed by atoms with Gasteiger partial charge in [-0.2, -0.15) is 0 Å². The van der Waals surface area contributed by atoms with Crippen LogP contribution in [0, 0.1) is 10.1 Å². The fourth-order valence-corrected chi connectivity index (χ4v) is 3.01. The van der Waals surface area contributed by atoms with Crippen LogP contribution in [0.4, 0.5) is 11.4 Å². The molecule has 5 nitrogen and oxygen atoms in total. The third kappa shape index (κ3) is 1.16. The highest BCUT2D eigenvalue weighted by atomic mass is 16.6. The second kappa shape index (κ2) is 3.06. The Hall–Kier alpha value is -1.91. The average molecular weight is 232 g/mol. The number of nitrogen functional groups attached to an aromatic ring is 1. The summed E-state index contributed by atoms with van der Waals surface area (Å²) in [6.45, 7) is 0. The molecule has 17 heavy (non-hydrogen) atoms. The number of hydrogen-bond acceptors (Lipinski definition) is 4. The van der Waals surface area contributed by atoms with Crippen molar-refractivity contribution < 1.29 is 9.72 Å². The van der Waals surface area contributed by atoms with Gasteiger partial charge in [-0.05, 0) is 24.5 Å². The number of nitro groups is 1. The van der Waals surface area contributed by atoms with Crippen molar-refractivity contribution in [2.24, 2.45) is 0 Å². The molecule has 1 aromatic carbocycles. The van der Waals surface area contributed by atoms with Crippen LogP contribution in [0.5, 0.6) is 0 Å². The molecule has 2 aliphatic carbocycles.